The summed E-state index contributed by atoms with van der Waals surface area (Å²) >= 11 is 0. The number of ether oxygens (including phenoxy) is 1. The van der Waals surface area contributed by atoms with E-state index < -0.39 is 0 Å². The quantitative estimate of drug-likeness (QED) is 0.464. The van der Waals surface area contributed by atoms with E-state index in [4.69, 9.17) is 11.3 Å². The Bertz CT molecular complexity index is 1100. The minimum atomic E-state index is 0.482. The molecular weight excluding hydrogens is 322 g/mol. The van der Waals surface area contributed by atoms with E-state index in [9.17, 15) is 0 Å². The minimum absolute atomic E-state index is 0.482. The van der Waals surface area contributed by atoms with Crippen molar-refractivity contribution in [3.63, 3.8) is 0 Å². The van der Waals surface area contributed by atoms with Crippen molar-refractivity contribution in [2.24, 2.45) is 0 Å². The van der Waals surface area contributed by atoms with Crippen LogP contribution in [0.3, 0.4) is 0 Å². The predicted molar refractivity (Wildman–Crippen MR) is 102 cm³/mol. The number of fused-ring (bicyclic) bond motifs is 1. The molecule has 2 aromatic carbocycles. The molecule has 0 fully saturated rings. The molecule has 4 nitrogen and oxygen atoms in total. The van der Waals surface area contributed by atoms with Gasteiger partial charge < -0.3 is 4.74 Å². The van der Waals surface area contributed by atoms with Gasteiger partial charge in [0.1, 0.15) is 18.0 Å². The molecule has 0 saturated heterocycles. The number of pyridine rings is 1. The van der Waals surface area contributed by atoms with E-state index in [2.05, 4.69) is 39.4 Å². The Kier molecular flexibility index (Phi) is 4.12. The monoisotopic (exact) mass is 339 g/mol. The molecular formula is C22H17N3O. The second kappa shape index (κ2) is 6.73. The third-order valence-electron chi connectivity index (χ3n) is 4.36. The summed E-state index contributed by atoms with van der Waals surface area (Å²) in [6.07, 6.45) is 3.78. The number of rotatable bonds is 4. The standard InChI is InChI=1S/C22H17N3O/c1-16-14-18(20-4-3-5-22-24-12-13-25(20)22)8-11-21(16)26-15-17-6-9-19(23-2)10-7-17/h3-14H,15H2,1H3. The highest BCUT2D eigenvalue weighted by molar-refractivity contribution is 5.65. The maximum atomic E-state index is 7.00. The molecule has 0 bridgehead atoms. The second-order valence-electron chi connectivity index (χ2n) is 6.11. The van der Waals surface area contributed by atoms with Crippen LogP contribution in [0.25, 0.3) is 21.7 Å². The van der Waals surface area contributed by atoms with Gasteiger partial charge in [-0.15, -0.1) is 0 Å². The van der Waals surface area contributed by atoms with E-state index in [0.717, 1.165) is 33.8 Å². The number of imidazole rings is 1. The molecule has 0 aliphatic rings. The van der Waals surface area contributed by atoms with Crippen LogP contribution in [-0.2, 0) is 6.61 Å². The van der Waals surface area contributed by atoms with Crippen LogP contribution in [0, 0.1) is 13.5 Å². The van der Waals surface area contributed by atoms with Gasteiger partial charge in [0.05, 0.1) is 12.3 Å². The summed E-state index contributed by atoms with van der Waals surface area (Å²) in [5, 5.41) is 0. The van der Waals surface area contributed by atoms with E-state index in [1.54, 1.807) is 0 Å². The van der Waals surface area contributed by atoms with E-state index in [1.807, 2.05) is 54.9 Å². The van der Waals surface area contributed by atoms with E-state index in [-0.39, 0.29) is 0 Å². The lowest BCUT2D eigenvalue weighted by Gasteiger charge is -2.12. The Hall–Kier alpha value is -3.58. The lowest BCUT2D eigenvalue weighted by Crippen LogP contribution is -1.97. The van der Waals surface area contributed by atoms with Crippen molar-refractivity contribution < 1.29 is 4.74 Å². The minimum Gasteiger partial charge on any atom is -0.489 e. The van der Waals surface area contributed by atoms with Crippen molar-refractivity contribution in [3.05, 3.63) is 95.6 Å². The van der Waals surface area contributed by atoms with Crippen molar-refractivity contribution in [1.29, 1.82) is 0 Å². The van der Waals surface area contributed by atoms with Gasteiger partial charge in [-0.3, -0.25) is 4.40 Å². The third kappa shape index (κ3) is 3.03. The molecule has 0 aliphatic heterocycles. The zero-order valence-corrected chi connectivity index (χ0v) is 14.4. The lowest BCUT2D eigenvalue weighted by molar-refractivity contribution is 0.304. The largest absolute Gasteiger partial charge is 0.489 e. The normalized spacial score (nSPS) is 10.6. The van der Waals surface area contributed by atoms with Gasteiger partial charge in [0.2, 0.25) is 0 Å². The first kappa shape index (κ1) is 15.9. The van der Waals surface area contributed by atoms with Crippen molar-refractivity contribution in [2.75, 3.05) is 0 Å². The fourth-order valence-electron chi connectivity index (χ4n) is 2.98. The smallest absolute Gasteiger partial charge is 0.187 e. The molecule has 26 heavy (non-hydrogen) atoms. The molecule has 2 aromatic heterocycles. The molecule has 0 radical (unpaired) electrons. The summed E-state index contributed by atoms with van der Waals surface area (Å²) in [6.45, 7) is 9.53. The molecule has 0 saturated carbocycles. The summed E-state index contributed by atoms with van der Waals surface area (Å²) < 4.78 is 8.04. The fraction of sp³-hybridized carbons (Fsp3) is 0.0909. The van der Waals surface area contributed by atoms with E-state index in [1.165, 1.54) is 0 Å². The average molecular weight is 339 g/mol. The van der Waals surface area contributed by atoms with Crippen LogP contribution < -0.4 is 4.74 Å². The highest BCUT2D eigenvalue weighted by atomic mass is 16.5. The van der Waals surface area contributed by atoms with Gasteiger partial charge in [0.15, 0.2) is 5.69 Å². The Labute approximate surface area is 152 Å². The molecule has 4 rings (SSSR count). The number of nitrogens with zero attached hydrogens (tertiary/aromatic N) is 3. The summed E-state index contributed by atoms with van der Waals surface area (Å²) in [5.41, 5.74) is 5.93. The van der Waals surface area contributed by atoms with E-state index >= 15 is 0 Å². The van der Waals surface area contributed by atoms with Gasteiger partial charge in [0, 0.05) is 12.4 Å². The molecule has 0 aliphatic carbocycles. The van der Waals surface area contributed by atoms with Crippen LogP contribution >= 0.6 is 0 Å². The number of aromatic nitrogens is 2. The van der Waals surface area contributed by atoms with Gasteiger partial charge in [-0.05, 0) is 53.9 Å². The first-order chi connectivity index (χ1) is 12.7. The van der Waals surface area contributed by atoms with E-state index in [0.29, 0.717) is 12.3 Å². The molecule has 0 N–H and O–H groups in total. The summed E-state index contributed by atoms with van der Waals surface area (Å²) in [4.78, 5) is 7.74. The molecule has 0 amide bonds. The van der Waals surface area contributed by atoms with Gasteiger partial charge in [-0.1, -0.05) is 30.3 Å². The number of hydrogen-bond donors (Lipinski definition) is 0. The molecule has 0 spiro atoms. The predicted octanol–water partition coefficient (Wildman–Crippen LogP) is 5.44. The van der Waals surface area contributed by atoms with Gasteiger partial charge >= 0.3 is 0 Å². The molecule has 0 atom stereocenters. The molecule has 0 unspecified atom stereocenters. The molecule has 126 valence electrons. The third-order valence-corrected chi connectivity index (χ3v) is 4.36. The van der Waals surface area contributed by atoms with Gasteiger partial charge in [0.25, 0.3) is 0 Å². The summed E-state index contributed by atoms with van der Waals surface area (Å²) in [7, 11) is 0. The summed E-state index contributed by atoms with van der Waals surface area (Å²) in [6, 6.07) is 19.8. The first-order valence-corrected chi connectivity index (χ1v) is 8.37. The summed E-state index contributed by atoms with van der Waals surface area (Å²) in [5.74, 6) is 0.862. The maximum absolute atomic E-state index is 7.00. The highest BCUT2D eigenvalue weighted by Gasteiger charge is 2.07. The Morgan fingerprint density at radius 3 is 2.69 bits per heavy atom. The highest BCUT2D eigenvalue weighted by Crippen LogP contribution is 2.27. The van der Waals surface area contributed by atoms with Crippen molar-refractivity contribution >= 4 is 11.3 Å². The van der Waals surface area contributed by atoms with Crippen LogP contribution in [-0.4, -0.2) is 9.38 Å². The Morgan fingerprint density at radius 2 is 1.92 bits per heavy atom. The van der Waals surface area contributed by atoms with Crippen LogP contribution in [0.15, 0.2) is 73.1 Å². The Balaban J connectivity index is 1.56. The maximum Gasteiger partial charge on any atom is 0.187 e. The van der Waals surface area contributed by atoms with Crippen molar-refractivity contribution in [1.82, 2.24) is 9.38 Å². The number of benzene rings is 2. The number of hydrogen-bond acceptors (Lipinski definition) is 2. The van der Waals surface area contributed by atoms with Crippen molar-refractivity contribution in [2.45, 2.75) is 13.5 Å². The fourth-order valence-corrected chi connectivity index (χ4v) is 2.98. The van der Waals surface area contributed by atoms with Crippen LogP contribution in [0.5, 0.6) is 5.75 Å². The van der Waals surface area contributed by atoms with Crippen LogP contribution in [0.4, 0.5) is 5.69 Å². The lowest BCUT2D eigenvalue weighted by atomic mass is 10.1. The van der Waals surface area contributed by atoms with Gasteiger partial charge in [-0.25, -0.2) is 9.83 Å². The topological polar surface area (TPSA) is 30.9 Å². The zero-order chi connectivity index (χ0) is 17.9. The first-order valence-electron chi connectivity index (χ1n) is 8.37. The Morgan fingerprint density at radius 1 is 1.08 bits per heavy atom. The van der Waals surface area contributed by atoms with Crippen LogP contribution in [0.1, 0.15) is 11.1 Å². The molecule has 4 heteroatoms. The molecule has 2 heterocycles. The van der Waals surface area contributed by atoms with Gasteiger partial charge in [-0.2, -0.15) is 0 Å². The zero-order valence-electron chi connectivity index (χ0n) is 14.4. The van der Waals surface area contributed by atoms with Crippen molar-refractivity contribution in [3.8, 4) is 17.0 Å². The second-order valence-corrected chi connectivity index (χ2v) is 6.11. The molecule has 4 aromatic rings. The average Bonchev–Trinajstić information content (AvgIpc) is 3.16. The van der Waals surface area contributed by atoms with Crippen LogP contribution in [0.2, 0.25) is 0 Å². The number of aryl methyl sites for hydroxylation is 1. The SMILES string of the molecule is [C-]#[N+]c1ccc(COc2ccc(-c3cccc4nccn34)cc2C)cc1.